The smallest absolute Gasteiger partial charge is 0.255 e. The molecule has 0 saturated carbocycles. The number of piperidine rings is 1. The third-order valence-electron chi connectivity index (χ3n) is 3.37. The summed E-state index contributed by atoms with van der Waals surface area (Å²) in [5.41, 5.74) is 2.78. The maximum absolute atomic E-state index is 12.3. The predicted molar refractivity (Wildman–Crippen MR) is 72.7 cm³/mol. The first-order chi connectivity index (χ1) is 9.02. The van der Waals surface area contributed by atoms with Gasteiger partial charge < -0.3 is 15.4 Å². The Kier molecular flexibility index (Phi) is 4.24. The Labute approximate surface area is 116 Å². The third kappa shape index (κ3) is 2.97. The number of nitrogen functional groups attached to an aromatic ring is 1. The van der Waals surface area contributed by atoms with Crippen LogP contribution >= 0.6 is 11.6 Å². The molecule has 2 unspecified atom stereocenters. The molecule has 6 nitrogen and oxygen atoms in total. The van der Waals surface area contributed by atoms with Crippen LogP contribution in [0.5, 0.6) is 0 Å². The first-order valence-electron chi connectivity index (χ1n) is 6.12. The number of hydrogen-bond acceptors (Lipinski definition) is 5. The fourth-order valence-electron chi connectivity index (χ4n) is 2.16. The number of halogens is 1. The molecular weight excluding hydrogens is 268 g/mol. The maximum atomic E-state index is 12.3. The van der Waals surface area contributed by atoms with Gasteiger partial charge in [-0.3, -0.25) is 4.79 Å². The zero-order valence-corrected chi connectivity index (χ0v) is 11.4. The number of rotatable bonds is 2. The average molecular weight is 285 g/mol. The number of aliphatic hydroxyl groups excluding tert-OH is 1. The molecule has 4 N–H and O–H groups in total. The molecule has 2 heterocycles. The van der Waals surface area contributed by atoms with Gasteiger partial charge in [0.1, 0.15) is 0 Å². The number of carbonyl (C=O) groups is 1. The Morgan fingerprint density at radius 3 is 3.00 bits per heavy atom. The van der Waals surface area contributed by atoms with Crippen molar-refractivity contribution in [3.63, 3.8) is 0 Å². The summed E-state index contributed by atoms with van der Waals surface area (Å²) >= 11 is 5.95. The highest BCUT2D eigenvalue weighted by Crippen LogP contribution is 2.22. The second-order valence-electron chi connectivity index (χ2n) is 4.78. The molecule has 1 aliphatic heterocycles. The number of pyridine rings is 1. The van der Waals surface area contributed by atoms with Gasteiger partial charge in [-0.15, -0.1) is 0 Å². The van der Waals surface area contributed by atoms with E-state index in [1.54, 1.807) is 11.0 Å². The van der Waals surface area contributed by atoms with Gasteiger partial charge in [-0.05, 0) is 18.4 Å². The van der Waals surface area contributed by atoms with E-state index < -0.39 is 0 Å². The molecule has 2 rings (SSSR count). The van der Waals surface area contributed by atoms with Gasteiger partial charge in [0.05, 0.1) is 16.7 Å². The Hall–Kier alpha value is -1.37. The number of nitrogens with zero attached hydrogens (tertiary/aromatic N) is 2. The fourth-order valence-corrected chi connectivity index (χ4v) is 2.38. The highest BCUT2D eigenvalue weighted by Gasteiger charge is 2.28. The minimum absolute atomic E-state index is 0.0751. The van der Waals surface area contributed by atoms with Crippen LogP contribution < -0.4 is 11.3 Å². The lowest BCUT2D eigenvalue weighted by atomic mass is 9.96. The first-order valence-corrected chi connectivity index (χ1v) is 6.50. The van der Waals surface area contributed by atoms with E-state index in [2.05, 4.69) is 10.4 Å². The van der Waals surface area contributed by atoms with Crippen LogP contribution in [0.4, 0.5) is 5.82 Å². The van der Waals surface area contributed by atoms with E-state index >= 15 is 0 Å². The average Bonchev–Trinajstić information content (AvgIpc) is 2.41. The monoisotopic (exact) mass is 284 g/mol. The van der Waals surface area contributed by atoms with Crippen LogP contribution in [0.1, 0.15) is 23.7 Å². The zero-order valence-electron chi connectivity index (χ0n) is 10.6. The lowest BCUT2D eigenvalue weighted by Crippen LogP contribution is -2.45. The lowest BCUT2D eigenvalue weighted by Gasteiger charge is -2.34. The van der Waals surface area contributed by atoms with E-state index in [1.165, 1.54) is 6.20 Å². The number of likely N-dealkylation sites (tertiary alicyclic amines) is 1. The molecule has 0 spiro atoms. The van der Waals surface area contributed by atoms with Gasteiger partial charge in [0, 0.05) is 19.3 Å². The predicted octanol–water partition coefficient (Wildman–Crippen LogP) is 0.864. The van der Waals surface area contributed by atoms with E-state index in [0.29, 0.717) is 35.9 Å². The summed E-state index contributed by atoms with van der Waals surface area (Å²) in [4.78, 5) is 18.0. The van der Waals surface area contributed by atoms with Crippen molar-refractivity contribution < 1.29 is 9.90 Å². The SMILES string of the molecule is CC1CN(C(=O)c2cnc(NN)c(Cl)c2)CCC1O. The van der Waals surface area contributed by atoms with E-state index in [1.807, 2.05) is 6.92 Å². The lowest BCUT2D eigenvalue weighted by molar-refractivity contribution is 0.0297. The number of aliphatic hydroxyl groups is 1. The highest BCUT2D eigenvalue weighted by atomic mass is 35.5. The Balaban J connectivity index is 2.13. The summed E-state index contributed by atoms with van der Waals surface area (Å²) in [7, 11) is 0. The standard InChI is InChI=1S/C12H17ClN4O2/c1-7-6-17(3-2-10(7)18)12(19)8-4-9(13)11(16-14)15-5-8/h4-5,7,10,18H,2-3,6,14H2,1H3,(H,15,16). The summed E-state index contributed by atoms with van der Waals surface area (Å²) in [5.74, 6) is 5.51. The molecule has 0 aliphatic carbocycles. The minimum atomic E-state index is -0.338. The number of nitrogens with one attached hydrogen (secondary N) is 1. The first kappa shape index (κ1) is 14.0. The van der Waals surface area contributed by atoms with Crippen molar-refractivity contribution in [3.05, 3.63) is 22.8 Å². The molecule has 1 fully saturated rings. The van der Waals surface area contributed by atoms with E-state index in [-0.39, 0.29) is 17.9 Å². The number of hydrogen-bond donors (Lipinski definition) is 3. The van der Waals surface area contributed by atoms with Crippen molar-refractivity contribution in [1.29, 1.82) is 0 Å². The summed E-state index contributed by atoms with van der Waals surface area (Å²) < 4.78 is 0. The van der Waals surface area contributed by atoms with Crippen LogP contribution in [0.25, 0.3) is 0 Å². The van der Waals surface area contributed by atoms with Crippen molar-refractivity contribution in [1.82, 2.24) is 9.88 Å². The fraction of sp³-hybridized carbons (Fsp3) is 0.500. The maximum Gasteiger partial charge on any atom is 0.255 e. The number of anilines is 1. The highest BCUT2D eigenvalue weighted by molar-refractivity contribution is 6.33. The van der Waals surface area contributed by atoms with Gasteiger partial charge >= 0.3 is 0 Å². The second-order valence-corrected chi connectivity index (χ2v) is 5.19. The summed E-state index contributed by atoms with van der Waals surface area (Å²) in [6.07, 6.45) is 1.70. The third-order valence-corrected chi connectivity index (χ3v) is 3.66. The molecule has 0 radical (unpaired) electrons. The molecule has 1 aromatic heterocycles. The summed E-state index contributed by atoms with van der Waals surface area (Å²) in [6, 6.07) is 1.54. The van der Waals surface area contributed by atoms with Crippen molar-refractivity contribution in [2.45, 2.75) is 19.4 Å². The van der Waals surface area contributed by atoms with Gasteiger partial charge in [0.25, 0.3) is 5.91 Å². The molecule has 1 amide bonds. The van der Waals surface area contributed by atoms with Crippen LogP contribution in [0, 0.1) is 5.92 Å². The molecule has 1 aliphatic rings. The van der Waals surface area contributed by atoms with Crippen LogP contribution in [0.3, 0.4) is 0 Å². The molecule has 1 aromatic rings. The number of hydrazine groups is 1. The molecule has 7 heteroatoms. The van der Waals surface area contributed by atoms with Gasteiger partial charge in [-0.25, -0.2) is 10.8 Å². The van der Waals surface area contributed by atoms with E-state index in [4.69, 9.17) is 17.4 Å². The topological polar surface area (TPSA) is 91.5 Å². The Bertz CT molecular complexity index is 483. The largest absolute Gasteiger partial charge is 0.393 e. The number of carbonyl (C=O) groups excluding carboxylic acids is 1. The molecule has 0 aromatic carbocycles. The summed E-state index contributed by atoms with van der Waals surface area (Å²) in [6.45, 7) is 3.00. The Morgan fingerprint density at radius 2 is 2.42 bits per heavy atom. The number of nitrogens with two attached hydrogens (primary N) is 1. The van der Waals surface area contributed by atoms with Gasteiger partial charge in [0.2, 0.25) is 0 Å². The molecule has 104 valence electrons. The normalized spacial score (nSPS) is 23.3. The van der Waals surface area contributed by atoms with Crippen LogP contribution in [0.2, 0.25) is 5.02 Å². The van der Waals surface area contributed by atoms with Crippen LogP contribution in [0.15, 0.2) is 12.3 Å². The van der Waals surface area contributed by atoms with Gasteiger partial charge in [-0.1, -0.05) is 18.5 Å². The zero-order chi connectivity index (χ0) is 14.0. The van der Waals surface area contributed by atoms with Crippen molar-refractivity contribution in [3.8, 4) is 0 Å². The van der Waals surface area contributed by atoms with Crippen LogP contribution in [-0.4, -0.2) is 40.1 Å². The van der Waals surface area contributed by atoms with Crippen molar-refractivity contribution in [2.75, 3.05) is 18.5 Å². The number of amides is 1. The van der Waals surface area contributed by atoms with E-state index in [9.17, 15) is 9.90 Å². The van der Waals surface area contributed by atoms with Gasteiger partial charge in [0.15, 0.2) is 5.82 Å². The number of aromatic nitrogens is 1. The minimum Gasteiger partial charge on any atom is -0.393 e. The quantitative estimate of drug-likeness (QED) is 0.553. The molecular formula is C12H17ClN4O2. The molecule has 1 saturated heterocycles. The van der Waals surface area contributed by atoms with Crippen molar-refractivity contribution in [2.24, 2.45) is 11.8 Å². The summed E-state index contributed by atoms with van der Waals surface area (Å²) in [5, 5.41) is 9.97. The molecule has 0 bridgehead atoms. The molecule has 19 heavy (non-hydrogen) atoms. The van der Waals surface area contributed by atoms with Crippen molar-refractivity contribution >= 4 is 23.3 Å². The second kappa shape index (κ2) is 5.73. The van der Waals surface area contributed by atoms with E-state index in [0.717, 1.165) is 0 Å². The van der Waals surface area contributed by atoms with Crippen LogP contribution in [-0.2, 0) is 0 Å². The molecule has 2 atom stereocenters. The Morgan fingerprint density at radius 1 is 1.68 bits per heavy atom. The van der Waals surface area contributed by atoms with Gasteiger partial charge in [-0.2, -0.15) is 0 Å².